The lowest BCUT2D eigenvalue weighted by Gasteiger charge is -2.13. The van der Waals surface area contributed by atoms with Crippen LogP contribution in [-0.2, 0) is 22.6 Å². The Morgan fingerprint density at radius 2 is 2.04 bits per heavy atom. The molecule has 0 aliphatic carbocycles. The normalized spacial score (nSPS) is 11.5. The Morgan fingerprint density at radius 1 is 1.42 bits per heavy atom. The maximum absolute atomic E-state index is 13.0. The highest BCUT2D eigenvalue weighted by molar-refractivity contribution is 9.10. The average molecular weight is 416 g/mol. The molecule has 2 rings (SSSR count). The van der Waals surface area contributed by atoms with E-state index >= 15 is 0 Å². The molecule has 0 amide bonds. The average Bonchev–Trinajstić information content (AvgIpc) is 2.76. The number of ether oxygens (including phenoxy) is 1. The second-order valence-electron chi connectivity index (χ2n) is 5.48. The second kappa shape index (κ2) is 6.56. The molecule has 9 heteroatoms. The van der Waals surface area contributed by atoms with Gasteiger partial charge in [0.1, 0.15) is 5.56 Å². The van der Waals surface area contributed by atoms with Gasteiger partial charge in [-0.15, -0.1) is 0 Å². The zero-order valence-corrected chi connectivity index (χ0v) is 16.2. The van der Waals surface area contributed by atoms with Crippen molar-refractivity contribution in [2.24, 2.45) is 7.05 Å². The predicted molar refractivity (Wildman–Crippen MR) is 95.0 cm³/mol. The van der Waals surface area contributed by atoms with Gasteiger partial charge in [0.05, 0.1) is 24.2 Å². The van der Waals surface area contributed by atoms with Gasteiger partial charge in [0.25, 0.3) is 0 Å². The van der Waals surface area contributed by atoms with Crippen molar-refractivity contribution in [3.8, 4) is 5.88 Å². The van der Waals surface area contributed by atoms with Crippen LogP contribution in [0.2, 0.25) is 0 Å². The minimum Gasteiger partial charge on any atom is -0.481 e. The van der Waals surface area contributed by atoms with Crippen molar-refractivity contribution in [3.05, 3.63) is 39.0 Å². The minimum atomic E-state index is -3.38. The lowest BCUT2D eigenvalue weighted by molar-refractivity contribution is 0.103. The highest BCUT2D eigenvalue weighted by Gasteiger charge is 2.26. The van der Waals surface area contributed by atoms with E-state index in [0.29, 0.717) is 16.0 Å². The third-order valence-corrected chi connectivity index (χ3v) is 5.05. The van der Waals surface area contributed by atoms with Gasteiger partial charge in [0.15, 0.2) is 9.84 Å². The molecule has 130 valence electrons. The van der Waals surface area contributed by atoms with Crippen LogP contribution in [0, 0.1) is 6.92 Å². The Balaban J connectivity index is 2.69. The van der Waals surface area contributed by atoms with E-state index in [0.717, 1.165) is 6.26 Å². The highest BCUT2D eigenvalue weighted by Crippen LogP contribution is 2.32. The van der Waals surface area contributed by atoms with Crippen LogP contribution in [0.1, 0.15) is 27.2 Å². The molecule has 1 heterocycles. The van der Waals surface area contributed by atoms with Crippen LogP contribution in [-0.4, -0.2) is 37.3 Å². The highest BCUT2D eigenvalue weighted by atomic mass is 79.9. The Hall–Kier alpha value is -1.87. The van der Waals surface area contributed by atoms with Crippen LogP contribution in [0.25, 0.3) is 0 Å². The molecule has 0 aliphatic heterocycles. The fourth-order valence-corrected chi connectivity index (χ4v) is 3.74. The third-order valence-electron chi connectivity index (χ3n) is 3.55. The van der Waals surface area contributed by atoms with Crippen molar-refractivity contribution in [1.82, 2.24) is 9.78 Å². The predicted octanol–water partition coefficient (Wildman–Crippen LogP) is 1.86. The second-order valence-corrected chi connectivity index (χ2v) is 8.47. The summed E-state index contributed by atoms with van der Waals surface area (Å²) in [7, 11) is -0.273. The van der Waals surface area contributed by atoms with Gasteiger partial charge in [-0.3, -0.25) is 4.79 Å². The first kappa shape index (κ1) is 18.5. The fraction of sp³-hybridized carbons (Fsp3) is 0.333. The van der Waals surface area contributed by atoms with E-state index in [1.807, 2.05) is 0 Å². The van der Waals surface area contributed by atoms with E-state index in [1.165, 1.54) is 11.8 Å². The van der Waals surface area contributed by atoms with Gasteiger partial charge in [0.2, 0.25) is 11.7 Å². The number of nitrogen functional groups attached to an aromatic ring is 1. The summed E-state index contributed by atoms with van der Waals surface area (Å²) < 4.78 is 30.7. The Labute approximate surface area is 148 Å². The van der Waals surface area contributed by atoms with E-state index in [9.17, 15) is 13.2 Å². The SMILES string of the molecule is COc1c(C(=O)c2ccc(Br)c(N)c2CS(C)(=O)=O)c(C)nn1C. The number of aryl methyl sites for hydroxylation is 2. The number of hydrogen-bond acceptors (Lipinski definition) is 6. The first-order chi connectivity index (χ1) is 11.1. The molecule has 0 saturated carbocycles. The molecule has 0 unspecified atom stereocenters. The molecule has 0 atom stereocenters. The first-order valence-electron chi connectivity index (χ1n) is 6.93. The lowest BCUT2D eigenvalue weighted by Crippen LogP contribution is -2.13. The molecule has 0 radical (unpaired) electrons. The number of methoxy groups -OCH3 is 1. The van der Waals surface area contributed by atoms with Gasteiger partial charge >= 0.3 is 0 Å². The molecule has 24 heavy (non-hydrogen) atoms. The number of anilines is 1. The number of benzene rings is 1. The van der Waals surface area contributed by atoms with Crippen LogP contribution in [0.15, 0.2) is 16.6 Å². The molecule has 2 N–H and O–H groups in total. The number of carbonyl (C=O) groups is 1. The van der Waals surface area contributed by atoms with Gasteiger partial charge in [-0.1, -0.05) is 0 Å². The Bertz CT molecular complexity index is 919. The minimum absolute atomic E-state index is 0.218. The molecule has 1 aromatic heterocycles. The Morgan fingerprint density at radius 3 is 2.58 bits per heavy atom. The molecule has 0 bridgehead atoms. The van der Waals surface area contributed by atoms with E-state index in [4.69, 9.17) is 10.5 Å². The van der Waals surface area contributed by atoms with Crippen LogP contribution in [0.5, 0.6) is 5.88 Å². The molecular formula is C15H18BrN3O4S. The van der Waals surface area contributed by atoms with Crippen LogP contribution >= 0.6 is 15.9 Å². The molecule has 7 nitrogen and oxygen atoms in total. The first-order valence-corrected chi connectivity index (χ1v) is 9.79. The van der Waals surface area contributed by atoms with Crippen molar-refractivity contribution in [3.63, 3.8) is 0 Å². The molecule has 0 spiro atoms. The van der Waals surface area contributed by atoms with Crippen LogP contribution in [0.3, 0.4) is 0 Å². The quantitative estimate of drug-likeness (QED) is 0.590. The van der Waals surface area contributed by atoms with Gasteiger partial charge < -0.3 is 10.5 Å². The molecule has 2 aromatic rings. The molecule has 0 saturated heterocycles. The maximum atomic E-state index is 13.0. The number of rotatable bonds is 5. The monoisotopic (exact) mass is 415 g/mol. The number of nitrogens with two attached hydrogens (primary N) is 1. The lowest BCUT2D eigenvalue weighted by atomic mass is 9.98. The number of aromatic nitrogens is 2. The molecule has 1 aromatic carbocycles. The van der Waals surface area contributed by atoms with Gasteiger partial charge in [-0.05, 0) is 35.0 Å². The summed E-state index contributed by atoms with van der Waals surface area (Å²) in [4.78, 5) is 13.0. The van der Waals surface area contributed by atoms with Crippen molar-refractivity contribution < 1.29 is 17.9 Å². The largest absolute Gasteiger partial charge is 0.481 e. The van der Waals surface area contributed by atoms with Gasteiger partial charge in [0, 0.05) is 28.9 Å². The number of nitrogens with zero attached hydrogens (tertiary/aromatic N) is 2. The summed E-state index contributed by atoms with van der Waals surface area (Å²) in [5, 5.41) is 4.18. The zero-order chi connectivity index (χ0) is 18.2. The molecular weight excluding hydrogens is 398 g/mol. The summed E-state index contributed by atoms with van der Waals surface area (Å²) in [6.45, 7) is 1.69. The zero-order valence-electron chi connectivity index (χ0n) is 13.8. The van der Waals surface area contributed by atoms with Crippen molar-refractivity contribution in [2.75, 3.05) is 19.1 Å². The fourth-order valence-electron chi connectivity index (χ4n) is 2.53. The number of hydrogen-bond donors (Lipinski definition) is 1. The van der Waals surface area contributed by atoms with E-state index in [-0.39, 0.29) is 33.9 Å². The number of halogens is 1. The summed E-state index contributed by atoms with van der Waals surface area (Å²) in [5.74, 6) is -0.402. The third kappa shape index (κ3) is 3.46. The van der Waals surface area contributed by atoms with Gasteiger partial charge in [-0.25, -0.2) is 13.1 Å². The molecule has 0 aliphatic rings. The van der Waals surface area contributed by atoms with Crippen molar-refractivity contribution in [1.29, 1.82) is 0 Å². The smallest absolute Gasteiger partial charge is 0.223 e. The number of sulfone groups is 1. The van der Waals surface area contributed by atoms with E-state index in [2.05, 4.69) is 21.0 Å². The van der Waals surface area contributed by atoms with Gasteiger partial charge in [-0.2, -0.15) is 5.10 Å². The summed E-state index contributed by atoms with van der Waals surface area (Å²) in [6, 6.07) is 3.17. The number of ketones is 1. The summed E-state index contributed by atoms with van der Waals surface area (Å²) in [6.07, 6.45) is 1.09. The van der Waals surface area contributed by atoms with Crippen LogP contribution < -0.4 is 10.5 Å². The standard InChI is InChI=1S/C15H18BrN3O4S/c1-8-12(15(23-3)19(2)18-8)14(20)9-5-6-11(16)13(17)10(9)7-24(4,21)22/h5-6H,7,17H2,1-4H3. The van der Waals surface area contributed by atoms with E-state index < -0.39 is 9.84 Å². The maximum Gasteiger partial charge on any atom is 0.223 e. The number of carbonyl (C=O) groups excluding carboxylic acids is 1. The van der Waals surface area contributed by atoms with Crippen molar-refractivity contribution in [2.45, 2.75) is 12.7 Å². The summed E-state index contributed by atoms with van der Waals surface area (Å²) >= 11 is 3.27. The van der Waals surface area contributed by atoms with E-state index in [1.54, 1.807) is 26.1 Å². The summed E-state index contributed by atoms with van der Waals surface area (Å²) in [5.41, 5.74) is 7.50. The van der Waals surface area contributed by atoms with Crippen LogP contribution in [0.4, 0.5) is 5.69 Å². The molecule has 0 fully saturated rings. The van der Waals surface area contributed by atoms with Crippen molar-refractivity contribution >= 4 is 37.2 Å². The topological polar surface area (TPSA) is 104 Å². The Kier molecular flexibility index (Phi) is 5.05.